The summed E-state index contributed by atoms with van der Waals surface area (Å²) < 4.78 is 9.85. The van der Waals surface area contributed by atoms with Crippen molar-refractivity contribution in [2.45, 2.75) is 6.61 Å². The SMILES string of the molecule is CNCCNC(=O)OCc1ccco1. The number of nitrogens with one attached hydrogen (secondary N) is 2. The number of ether oxygens (including phenoxy) is 1. The molecule has 0 saturated carbocycles. The van der Waals surface area contributed by atoms with E-state index in [0.717, 1.165) is 6.54 Å². The average molecular weight is 198 g/mol. The first-order valence-electron chi connectivity index (χ1n) is 4.40. The molecule has 1 aromatic rings. The molecule has 1 heterocycles. The maximum absolute atomic E-state index is 11.0. The molecule has 5 nitrogen and oxygen atoms in total. The Bertz CT molecular complexity index is 259. The van der Waals surface area contributed by atoms with E-state index < -0.39 is 6.09 Å². The molecule has 1 amide bonds. The van der Waals surface area contributed by atoms with Crippen molar-refractivity contribution in [3.8, 4) is 0 Å². The van der Waals surface area contributed by atoms with Crippen molar-refractivity contribution in [3.63, 3.8) is 0 Å². The van der Waals surface area contributed by atoms with Gasteiger partial charge in [0.2, 0.25) is 0 Å². The Morgan fingerprint density at radius 2 is 2.43 bits per heavy atom. The fourth-order valence-electron chi connectivity index (χ4n) is 0.872. The maximum Gasteiger partial charge on any atom is 0.407 e. The zero-order valence-corrected chi connectivity index (χ0v) is 8.08. The Labute approximate surface area is 82.4 Å². The van der Waals surface area contributed by atoms with Crippen molar-refractivity contribution in [1.82, 2.24) is 10.6 Å². The minimum Gasteiger partial charge on any atom is -0.466 e. The smallest absolute Gasteiger partial charge is 0.407 e. The molecule has 0 aromatic carbocycles. The van der Waals surface area contributed by atoms with Gasteiger partial charge in [0.25, 0.3) is 0 Å². The Hall–Kier alpha value is -1.49. The third-order valence-corrected chi connectivity index (χ3v) is 1.57. The summed E-state index contributed by atoms with van der Waals surface area (Å²) in [6.07, 6.45) is 1.11. The summed E-state index contributed by atoms with van der Waals surface area (Å²) in [5.41, 5.74) is 0. The van der Waals surface area contributed by atoms with Crippen molar-refractivity contribution in [3.05, 3.63) is 24.2 Å². The Morgan fingerprint density at radius 1 is 1.57 bits per heavy atom. The average Bonchev–Trinajstić information content (AvgIpc) is 2.68. The van der Waals surface area contributed by atoms with Gasteiger partial charge in [-0.25, -0.2) is 4.79 Å². The van der Waals surface area contributed by atoms with Crippen molar-refractivity contribution < 1.29 is 13.9 Å². The molecule has 0 radical (unpaired) electrons. The van der Waals surface area contributed by atoms with Crippen LogP contribution in [0.1, 0.15) is 5.76 Å². The molecular formula is C9H14N2O3. The number of rotatable bonds is 5. The number of hydrogen-bond donors (Lipinski definition) is 2. The van der Waals surface area contributed by atoms with Gasteiger partial charge >= 0.3 is 6.09 Å². The van der Waals surface area contributed by atoms with Gasteiger partial charge in [-0.15, -0.1) is 0 Å². The van der Waals surface area contributed by atoms with Crippen LogP contribution in [0, 0.1) is 0 Å². The third kappa shape index (κ3) is 3.95. The van der Waals surface area contributed by atoms with Crippen LogP contribution in [0.4, 0.5) is 4.79 Å². The number of carbonyl (C=O) groups is 1. The van der Waals surface area contributed by atoms with E-state index in [-0.39, 0.29) is 6.61 Å². The zero-order valence-electron chi connectivity index (χ0n) is 8.08. The highest BCUT2D eigenvalue weighted by atomic mass is 16.6. The molecule has 78 valence electrons. The summed E-state index contributed by atoms with van der Waals surface area (Å²) in [6.45, 7) is 1.43. The molecule has 0 bridgehead atoms. The fraction of sp³-hybridized carbons (Fsp3) is 0.444. The molecule has 0 aliphatic heterocycles. The molecule has 5 heteroatoms. The van der Waals surface area contributed by atoms with Crippen LogP contribution in [0.3, 0.4) is 0 Å². The van der Waals surface area contributed by atoms with Gasteiger partial charge in [-0.05, 0) is 19.2 Å². The van der Waals surface area contributed by atoms with Gasteiger partial charge in [0, 0.05) is 13.1 Å². The van der Waals surface area contributed by atoms with Crippen LogP contribution in [0.5, 0.6) is 0 Å². The quantitative estimate of drug-likeness (QED) is 0.684. The molecule has 1 rings (SSSR count). The summed E-state index contributed by atoms with van der Waals surface area (Å²) in [4.78, 5) is 11.0. The first-order valence-corrected chi connectivity index (χ1v) is 4.40. The molecular weight excluding hydrogens is 184 g/mol. The van der Waals surface area contributed by atoms with Crippen LogP contribution < -0.4 is 10.6 Å². The van der Waals surface area contributed by atoms with Crippen LogP contribution >= 0.6 is 0 Å². The monoisotopic (exact) mass is 198 g/mol. The van der Waals surface area contributed by atoms with E-state index in [1.54, 1.807) is 12.1 Å². The fourth-order valence-corrected chi connectivity index (χ4v) is 0.872. The van der Waals surface area contributed by atoms with E-state index in [4.69, 9.17) is 9.15 Å². The van der Waals surface area contributed by atoms with E-state index in [0.29, 0.717) is 12.3 Å². The van der Waals surface area contributed by atoms with Crippen LogP contribution in [0.2, 0.25) is 0 Å². The summed E-state index contributed by atoms with van der Waals surface area (Å²) in [5.74, 6) is 0.633. The van der Waals surface area contributed by atoms with Gasteiger partial charge in [0.05, 0.1) is 6.26 Å². The van der Waals surface area contributed by atoms with Gasteiger partial charge in [0.1, 0.15) is 5.76 Å². The minimum absolute atomic E-state index is 0.165. The molecule has 0 spiro atoms. The molecule has 0 atom stereocenters. The van der Waals surface area contributed by atoms with E-state index in [9.17, 15) is 4.79 Å². The molecule has 0 aliphatic rings. The second kappa shape index (κ2) is 6.04. The summed E-state index contributed by atoms with van der Waals surface area (Å²) in [7, 11) is 1.82. The highest BCUT2D eigenvalue weighted by Crippen LogP contribution is 2.01. The van der Waals surface area contributed by atoms with E-state index in [1.807, 2.05) is 7.05 Å². The van der Waals surface area contributed by atoms with Crippen LogP contribution in [0.15, 0.2) is 22.8 Å². The third-order valence-electron chi connectivity index (χ3n) is 1.57. The first-order chi connectivity index (χ1) is 6.83. The molecule has 2 N–H and O–H groups in total. The number of carbonyl (C=O) groups excluding carboxylic acids is 1. The molecule has 1 aromatic heterocycles. The summed E-state index contributed by atoms with van der Waals surface area (Å²) in [6, 6.07) is 3.50. The number of furan rings is 1. The molecule has 0 saturated heterocycles. The topological polar surface area (TPSA) is 63.5 Å². The van der Waals surface area contributed by atoms with Crippen LogP contribution in [0.25, 0.3) is 0 Å². The van der Waals surface area contributed by atoms with E-state index in [1.165, 1.54) is 6.26 Å². The predicted octanol–water partition coefficient (Wildman–Crippen LogP) is 0.725. The first kappa shape index (κ1) is 10.6. The van der Waals surface area contributed by atoms with Crippen molar-refractivity contribution in [2.24, 2.45) is 0 Å². The van der Waals surface area contributed by atoms with Crippen molar-refractivity contribution >= 4 is 6.09 Å². The highest BCUT2D eigenvalue weighted by Gasteiger charge is 2.02. The minimum atomic E-state index is -0.434. The standard InChI is InChI=1S/C9H14N2O3/c1-10-4-5-11-9(12)14-7-8-3-2-6-13-8/h2-3,6,10H,4-5,7H2,1H3,(H,11,12). The van der Waals surface area contributed by atoms with Crippen LogP contribution in [-0.2, 0) is 11.3 Å². The van der Waals surface area contributed by atoms with Gasteiger partial charge in [0.15, 0.2) is 6.61 Å². The van der Waals surface area contributed by atoms with Gasteiger partial charge in [-0.2, -0.15) is 0 Å². The summed E-state index contributed by atoms with van der Waals surface area (Å²) in [5, 5.41) is 5.48. The number of likely N-dealkylation sites (N-methyl/N-ethyl adjacent to an activating group) is 1. The molecule has 0 unspecified atom stereocenters. The second-order valence-corrected chi connectivity index (χ2v) is 2.69. The zero-order chi connectivity index (χ0) is 10.2. The van der Waals surface area contributed by atoms with Gasteiger partial charge in [-0.3, -0.25) is 0 Å². The molecule has 0 fully saturated rings. The number of alkyl carbamates (subject to hydrolysis) is 1. The Kier molecular flexibility index (Phi) is 4.57. The lowest BCUT2D eigenvalue weighted by molar-refractivity contribution is 0.131. The Balaban J connectivity index is 2.09. The summed E-state index contributed by atoms with van der Waals surface area (Å²) >= 11 is 0. The van der Waals surface area contributed by atoms with Gasteiger partial charge in [-0.1, -0.05) is 0 Å². The van der Waals surface area contributed by atoms with E-state index in [2.05, 4.69) is 10.6 Å². The lowest BCUT2D eigenvalue weighted by Gasteiger charge is -2.04. The lowest BCUT2D eigenvalue weighted by Crippen LogP contribution is -2.30. The maximum atomic E-state index is 11.0. The molecule has 0 aliphatic carbocycles. The largest absolute Gasteiger partial charge is 0.466 e. The Morgan fingerprint density at radius 3 is 3.07 bits per heavy atom. The normalized spacial score (nSPS) is 9.79. The lowest BCUT2D eigenvalue weighted by atomic mass is 10.5. The highest BCUT2D eigenvalue weighted by molar-refractivity contribution is 5.67. The van der Waals surface area contributed by atoms with Gasteiger partial charge < -0.3 is 19.8 Å². The van der Waals surface area contributed by atoms with Crippen LogP contribution in [-0.4, -0.2) is 26.2 Å². The van der Waals surface area contributed by atoms with Crippen molar-refractivity contribution in [1.29, 1.82) is 0 Å². The second-order valence-electron chi connectivity index (χ2n) is 2.69. The van der Waals surface area contributed by atoms with E-state index >= 15 is 0 Å². The number of amides is 1. The van der Waals surface area contributed by atoms with Crippen molar-refractivity contribution in [2.75, 3.05) is 20.1 Å². The number of hydrogen-bond acceptors (Lipinski definition) is 4. The molecule has 14 heavy (non-hydrogen) atoms. The predicted molar refractivity (Wildman–Crippen MR) is 50.8 cm³/mol.